The van der Waals surface area contributed by atoms with E-state index in [1.165, 1.54) is 17.7 Å². The molecule has 4 heteroatoms. The molecule has 2 N–H and O–H groups in total. The van der Waals surface area contributed by atoms with E-state index in [0.29, 0.717) is 5.92 Å². The SMILES string of the molecule is COC(C(N)Cc1cc(Br)cs1)C1CC1. The average molecular weight is 290 g/mol. The Morgan fingerprint density at radius 1 is 1.67 bits per heavy atom. The molecular weight excluding hydrogens is 274 g/mol. The number of nitrogens with two attached hydrogens (primary N) is 1. The van der Waals surface area contributed by atoms with Crippen LogP contribution in [0.2, 0.25) is 0 Å². The summed E-state index contributed by atoms with van der Waals surface area (Å²) in [5.74, 6) is 0.702. The molecule has 1 fully saturated rings. The first-order valence-electron chi connectivity index (χ1n) is 5.22. The van der Waals surface area contributed by atoms with Gasteiger partial charge in [-0.3, -0.25) is 0 Å². The van der Waals surface area contributed by atoms with Crippen LogP contribution >= 0.6 is 27.3 Å². The highest BCUT2D eigenvalue weighted by atomic mass is 79.9. The molecule has 1 aromatic heterocycles. The van der Waals surface area contributed by atoms with Crippen LogP contribution in [-0.2, 0) is 11.2 Å². The van der Waals surface area contributed by atoms with E-state index in [1.54, 1.807) is 18.4 Å². The molecular formula is C11H16BrNOS. The molecule has 0 saturated heterocycles. The molecule has 1 aliphatic carbocycles. The van der Waals surface area contributed by atoms with E-state index >= 15 is 0 Å². The Balaban J connectivity index is 1.92. The van der Waals surface area contributed by atoms with Crippen molar-refractivity contribution in [1.82, 2.24) is 0 Å². The maximum absolute atomic E-state index is 6.18. The summed E-state index contributed by atoms with van der Waals surface area (Å²) in [4.78, 5) is 1.33. The van der Waals surface area contributed by atoms with Crippen molar-refractivity contribution < 1.29 is 4.74 Å². The van der Waals surface area contributed by atoms with Crippen LogP contribution in [0.5, 0.6) is 0 Å². The number of rotatable bonds is 5. The van der Waals surface area contributed by atoms with Gasteiger partial charge in [0, 0.05) is 27.9 Å². The Morgan fingerprint density at radius 3 is 2.87 bits per heavy atom. The molecule has 2 unspecified atom stereocenters. The predicted octanol–water partition coefficient (Wildman–Crippen LogP) is 2.81. The van der Waals surface area contributed by atoms with Crippen LogP contribution in [0.3, 0.4) is 0 Å². The minimum absolute atomic E-state index is 0.132. The van der Waals surface area contributed by atoms with Gasteiger partial charge in [0.2, 0.25) is 0 Å². The van der Waals surface area contributed by atoms with Crippen molar-refractivity contribution in [3.8, 4) is 0 Å². The second kappa shape index (κ2) is 4.95. The largest absolute Gasteiger partial charge is 0.380 e. The molecule has 2 rings (SSSR count). The third-order valence-corrected chi connectivity index (χ3v) is 4.56. The summed E-state index contributed by atoms with van der Waals surface area (Å²) in [6.45, 7) is 0. The highest BCUT2D eigenvalue weighted by Crippen LogP contribution is 2.36. The van der Waals surface area contributed by atoms with Crippen molar-refractivity contribution in [2.24, 2.45) is 11.7 Å². The van der Waals surface area contributed by atoms with E-state index in [4.69, 9.17) is 10.5 Å². The molecule has 84 valence electrons. The van der Waals surface area contributed by atoms with Crippen LogP contribution in [0.4, 0.5) is 0 Å². The van der Waals surface area contributed by atoms with Gasteiger partial charge in [0.15, 0.2) is 0 Å². The predicted molar refractivity (Wildman–Crippen MR) is 67.2 cm³/mol. The molecule has 0 aromatic carbocycles. The van der Waals surface area contributed by atoms with Gasteiger partial charge in [-0.05, 0) is 47.2 Å². The van der Waals surface area contributed by atoms with Crippen molar-refractivity contribution in [2.45, 2.75) is 31.4 Å². The number of methoxy groups -OCH3 is 1. The Hall–Kier alpha value is 0.1000. The lowest BCUT2D eigenvalue weighted by Gasteiger charge is -2.21. The lowest BCUT2D eigenvalue weighted by molar-refractivity contribution is 0.0629. The van der Waals surface area contributed by atoms with Crippen LogP contribution in [-0.4, -0.2) is 19.3 Å². The quantitative estimate of drug-likeness (QED) is 0.905. The number of halogens is 1. The van der Waals surface area contributed by atoms with Gasteiger partial charge in [-0.1, -0.05) is 0 Å². The summed E-state index contributed by atoms with van der Waals surface area (Å²) in [5, 5.41) is 2.10. The molecule has 0 bridgehead atoms. The van der Waals surface area contributed by atoms with E-state index in [9.17, 15) is 0 Å². The van der Waals surface area contributed by atoms with Gasteiger partial charge in [-0.2, -0.15) is 0 Å². The van der Waals surface area contributed by atoms with Crippen molar-refractivity contribution in [3.05, 3.63) is 20.8 Å². The number of ether oxygens (including phenoxy) is 1. The molecule has 1 heterocycles. The third kappa shape index (κ3) is 3.03. The summed E-state index contributed by atoms with van der Waals surface area (Å²) < 4.78 is 6.63. The van der Waals surface area contributed by atoms with E-state index in [0.717, 1.165) is 10.9 Å². The smallest absolute Gasteiger partial charge is 0.0753 e. The van der Waals surface area contributed by atoms with E-state index in [1.807, 2.05) is 0 Å². The topological polar surface area (TPSA) is 35.2 Å². The van der Waals surface area contributed by atoms with Crippen molar-refractivity contribution >= 4 is 27.3 Å². The zero-order valence-corrected chi connectivity index (χ0v) is 11.2. The van der Waals surface area contributed by atoms with Crippen LogP contribution < -0.4 is 5.73 Å². The van der Waals surface area contributed by atoms with Crippen molar-refractivity contribution in [2.75, 3.05) is 7.11 Å². The van der Waals surface area contributed by atoms with Gasteiger partial charge < -0.3 is 10.5 Å². The number of hydrogen-bond acceptors (Lipinski definition) is 3. The molecule has 0 amide bonds. The summed E-state index contributed by atoms with van der Waals surface area (Å²) in [7, 11) is 1.77. The first-order valence-corrected chi connectivity index (χ1v) is 6.89. The van der Waals surface area contributed by atoms with E-state index in [-0.39, 0.29) is 12.1 Å². The molecule has 0 aliphatic heterocycles. The van der Waals surface area contributed by atoms with Crippen LogP contribution in [0, 0.1) is 5.92 Å². The number of thiophene rings is 1. The van der Waals surface area contributed by atoms with E-state index in [2.05, 4.69) is 27.4 Å². The molecule has 1 aromatic rings. The maximum atomic E-state index is 6.18. The highest BCUT2D eigenvalue weighted by Gasteiger charge is 2.35. The second-order valence-electron chi connectivity index (χ2n) is 4.14. The normalized spacial score (nSPS) is 20.2. The molecule has 2 nitrogen and oxygen atoms in total. The minimum atomic E-state index is 0.132. The Bertz CT molecular complexity index is 324. The fourth-order valence-corrected chi connectivity index (χ4v) is 3.47. The summed E-state index contributed by atoms with van der Waals surface area (Å²) >= 11 is 5.21. The van der Waals surface area contributed by atoms with Gasteiger partial charge in [0.25, 0.3) is 0 Å². The highest BCUT2D eigenvalue weighted by molar-refractivity contribution is 9.10. The third-order valence-electron chi connectivity index (χ3n) is 2.84. The minimum Gasteiger partial charge on any atom is -0.380 e. The zero-order valence-electron chi connectivity index (χ0n) is 8.78. The van der Waals surface area contributed by atoms with Crippen LogP contribution in [0.25, 0.3) is 0 Å². The molecule has 2 atom stereocenters. The monoisotopic (exact) mass is 289 g/mol. The summed E-state index contributed by atoms with van der Waals surface area (Å²) in [6, 6.07) is 2.28. The maximum Gasteiger partial charge on any atom is 0.0753 e. The number of hydrogen-bond donors (Lipinski definition) is 1. The van der Waals surface area contributed by atoms with Crippen molar-refractivity contribution in [1.29, 1.82) is 0 Å². The Morgan fingerprint density at radius 2 is 2.40 bits per heavy atom. The molecule has 0 radical (unpaired) electrons. The summed E-state index contributed by atoms with van der Waals surface area (Å²) in [6.07, 6.45) is 3.72. The molecule has 0 spiro atoms. The Kier molecular flexibility index (Phi) is 3.83. The van der Waals surface area contributed by atoms with Gasteiger partial charge in [-0.25, -0.2) is 0 Å². The first kappa shape index (κ1) is 11.6. The fourth-order valence-electron chi connectivity index (χ4n) is 1.95. The van der Waals surface area contributed by atoms with Crippen LogP contribution in [0.1, 0.15) is 17.7 Å². The molecule has 15 heavy (non-hydrogen) atoms. The molecule has 1 aliphatic rings. The summed E-state index contributed by atoms with van der Waals surface area (Å²) in [5.41, 5.74) is 6.18. The van der Waals surface area contributed by atoms with Crippen molar-refractivity contribution in [3.63, 3.8) is 0 Å². The van der Waals surface area contributed by atoms with Gasteiger partial charge in [0.05, 0.1) is 6.10 Å². The van der Waals surface area contributed by atoms with E-state index < -0.39 is 0 Å². The van der Waals surface area contributed by atoms with Gasteiger partial charge in [0.1, 0.15) is 0 Å². The lowest BCUT2D eigenvalue weighted by atomic mass is 10.0. The first-order chi connectivity index (χ1) is 7.20. The standard InChI is InChI=1S/C11H16BrNOS/c1-14-11(7-2-3-7)10(13)5-9-4-8(12)6-15-9/h4,6-7,10-11H,2-3,5,13H2,1H3. The zero-order chi connectivity index (χ0) is 10.8. The van der Waals surface area contributed by atoms with Crippen LogP contribution in [0.15, 0.2) is 15.9 Å². The molecule has 1 saturated carbocycles. The van der Waals surface area contributed by atoms with Gasteiger partial charge >= 0.3 is 0 Å². The van der Waals surface area contributed by atoms with Gasteiger partial charge in [-0.15, -0.1) is 11.3 Å². The Labute approximate surface area is 103 Å². The lowest BCUT2D eigenvalue weighted by Crippen LogP contribution is -2.39. The average Bonchev–Trinajstić information content (AvgIpc) is 2.93. The fraction of sp³-hybridized carbons (Fsp3) is 0.636. The second-order valence-corrected chi connectivity index (χ2v) is 6.05.